The molecule has 3 rings (SSSR count). The molecule has 1 amide bonds. The number of hydrogen-bond donors (Lipinski definition) is 4. The van der Waals surface area contributed by atoms with Crippen molar-refractivity contribution in [1.29, 1.82) is 0 Å². The van der Waals surface area contributed by atoms with Crippen LogP contribution in [0.4, 0.5) is 19.0 Å². The number of carbonyl (C=O) groups is 1. The lowest BCUT2D eigenvalue weighted by Crippen LogP contribution is -2.48. The quantitative estimate of drug-likeness (QED) is 0.484. The molecule has 29 heavy (non-hydrogen) atoms. The Balaban J connectivity index is 2.11. The first kappa shape index (κ1) is 22.1. The second kappa shape index (κ2) is 7.56. The molecule has 10 nitrogen and oxygen atoms in total. The molecule has 0 aliphatic carbocycles. The van der Waals surface area contributed by atoms with Gasteiger partial charge < -0.3 is 30.4 Å². The number of hydrogen-bond acceptors (Lipinski definition) is 8. The van der Waals surface area contributed by atoms with Gasteiger partial charge in [-0.3, -0.25) is 9.36 Å². The van der Waals surface area contributed by atoms with Crippen LogP contribution in [0.15, 0.2) is 12.5 Å². The van der Waals surface area contributed by atoms with Crippen molar-refractivity contribution in [3.05, 3.63) is 18.1 Å². The second-order valence-electron chi connectivity index (χ2n) is 6.14. The number of nitrogens with zero attached hydrogens (tertiary/aromatic N) is 3. The first-order valence-electron chi connectivity index (χ1n) is 7.80. The van der Waals surface area contributed by atoms with Crippen LogP contribution in [0.5, 0.6) is 0 Å². The SMILES string of the molecule is Nc1ncnc2c([C@H]3[C@H](O)[C@H](O)[C@@H](COP(=O)(Cl)Cl)N3C(=O)C(F)(F)F)c[nH]c12. The van der Waals surface area contributed by atoms with E-state index in [1.807, 2.05) is 0 Å². The summed E-state index contributed by atoms with van der Waals surface area (Å²) < 4.78 is 55.7. The molecule has 16 heteroatoms. The maximum Gasteiger partial charge on any atom is 0.471 e. The van der Waals surface area contributed by atoms with Crippen LogP contribution in [0.25, 0.3) is 11.0 Å². The summed E-state index contributed by atoms with van der Waals surface area (Å²) in [5.74, 6) is -2.39. The second-order valence-corrected chi connectivity index (χ2v) is 10.4. The van der Waals surface area contributed by atoms with E-state index in [0.717, 1.165) is 6.33 Å². The third-order valence-electron chi connectivity index (χ3n) is 4.44. The van der Waals surface area contributed by atoms with Crippen LogP contribution >= 0.6 is 28.6 Å². The fraction of sp³-hybridized carbons (Fsp3) is 0.462. The average Bonchev–Trinajstić information content (AvgIpc) is 3.12. The monoisotopic (exact) mass is 477 g/mol. The van der Waals surface area contributed by atoms with Gasteiger partial charge >= 0.3 is 18.2 Å². The number of likely N-dealkylation sites (tertiary alicyclic amines) is 1. The molecule has 5 N–H and O–H groups in total. The number of H-pyrrole nitrogens is 1. The van der Waals surface area contributed by atoms with Gasteiger partial charge in [-0.1, -0.05) is 0 Å². The highest BCUT2D eigenvalue weighted by Gasteiger charge is 2.57. The van der Waals surface area contributed by atoms with Crippen LogP contribution in [-0.4, -0.2) is 67.0 Å². The van der Waals surface area contributed by atoms with Crippen molar-refractivity contribution in [3.8, 4) is 0 Å². The molecule has 1 saturated heterocycles. The lowest BCUT2D eigenvalue weighted by molar-refractivity contribution is -0.190. The topological polar surface area (TPSA) is 155 Å². The smallest absolute Gasteiger partial charge is 0.388 e. The highest BCUT2D eigenvalue weighted by atomic mass is 35.9. The molecule has 0 saturated carbocycles. The number of fused-ring (bicyclic) bond motifs is 1. The van der Waals surface area contributed by atoms with Gasteiger partial charge in [-0.05, 0) is 22.5 Å². The Hall–Kier alpha value is -1.63. The predicted molar refractivity (Wildman–Crippen MR) is 95.0 cm³/mol. The van der Waals surface area contributed by atoms with Gasteiger partial charge in [-0.15, -0.1) is 0 Å². The van der Waals surface area contributed by atoms with E-state index in [0.29, 0.717) is 0 Å². The molecule has 1 aliphatic rings. The number of aromatic nitrogens is 3. The van der Waals surface area contributed by atoms with E-state index in [1.54, 1.807) is 0 Å². The zero-order chi connectivity index (χ0) is 21.7. The van der Waals surface area contributed by atoms with Gasteiger partial charge in [0.05, 0.1) is 24.2 Å². The number of aliphatic hydroxyl groups is 2. The zero-order valence-electron chi connectivity index (χ0n) is 14.0. The van der Waals surface area contributed by atoms with Crippen LogP contribution in [0, 0.1) is 0 Å². The Morgan fingerprint density at radius 3 is 2.59 bits per heavy atom. The predicted octanol–water partition coefficient (Wildman–Crippen LogP) is 1.68. The minimum absolute atomic E-state index is 0.0203. The van der Waals surface area contributed by atoms with E-state index in [9.17, 15) is 32.7 Å². The maximum absolute atomic E-state index is 13.2. The maximum atomic E-state index is 13.2. The molecule has 1 fully saturated rings. The van der Waals surface area contributed by atoms with E-state index in [4.69, 9.17) is 28.2 Å². The summed E-state index contributed by atoms with van der Waals surface area (Å²) in [5, 5.41) is 20.8. The number of nitrogens with two attached hydrogens (primary N) is 1. The first-order chi connectivity index (χ1) is 13.3. The van der Waals surface area contributed by atoms with Gasteiger partial charge in [0.25, 0.3) is 0 Å². The van der Waals surface area contributed by atoms with Gasteiger partial charge in [0.2, 0.25) is 0 Å². The minimum Gasteiger partial charge on any atom is -0.388 e. The number of amides is 1. The highest BCUT2D eigenvalue weighted by molar-refractivity contribution is 8.05. The van der Waals surface area contributed by atoms with Gasteiger partial charge in [-0.2, -0.15) is 13.2 Å². The van der Waals surface area contributed by atoms with Gasteiger partial charge in [0, 0.05) is 11.8 Å². The molecule has 0 unspecified atom stereocenters. The molecule has 1 aliphatic heterocycles. The first-order valence-corrected chi connectivity index (χ1v) is 11.2. The van der Waals surface area contributed by atoms with E-state index in [2.05, 4.69) is 19.5 Å². The number of nitrogen functional groups attached to an aromatic ring is 1. The Labute approximate surface area is 169 Å². The normalized spacial score (nSPS) is 25.7. The van der Waals surface area contributed by atoms with Gasteiger partial charge in [0.15, 0.2) is 5.82 Å². The lowest BCUT2D eigenvalue weighted by Gasteiger charge is -2.31. The van der Waals surface area contributed by atoms with Crippen molar-refractivity contribution < 1.29 is 37.3 Å². The van der Waals surface area contributed by atoms with Crippen LogP contribution < -0.4 is 5.73 Å². The molecule has 160 valence electrons. The van der Waals surface area contributed by atoms with Crippen molar-refractivity contribution >= 4 is 51.3 Å². The molecule has 0 bridgehead atoms. The van der Waals surface area contributed by atoms with Crippen LogP contribution in [-0.2, 0) is 13.9 Å². The van der Waals surface area contributed by atoms with E-state index in [1.165, 1.54) is 6.20 Å². The van der Waals surface area contributed by atoms with E-state index < -0.39 is 49.1 Å². The van der Waals surface area contributed by atoms with Crippen molar-refractivity contribution in [3.63, 3.8) is 0 Å². The third kappa shape index (κ3) is 4.16. The van der Waals surface area contributed by atoms with Crippen LogP contribution in [0.1, 0.15) is 11.6 Å². The summed E-state index contributed by atoms with van der Waals surface area (Å²) in [7, 11) is 0. The minimum atomic E-state index is -5.36. The molecule has 3 heterocycles. The summed E-state index contributed by atoms with van der Waals surface area (Å²) in [6.07, 6.45) is -11.1. The summed E-state index contributed by atoms with van der Waals surface area (Å²) >= 11 is 10.5. The fourth-order valence-electron chi connectivity index (χ4n) is 3.25. The summed E-state index contributed by atoms with van der Waals surface area (Å²) in [6, 6.07) is -3.46. The van der Waals surface area contributed by atoms with Crippen LogP contribution in [0.2, 0.25) is 0 Å². The van der Waals surface area contributed by atoms with Gasteiger partial charge in [0.1, 0.15) is 24.1 Å². The molecule has 2 aromatic rings. The average molecular weight is 478 g/mol. The van der Waals surface area contributed by atoms with Crippen molar-refractivity contribution in [1.82, 2.24) is 19.9 Å². The summed E-state index contributed by atoms with van der Waals surface area (Å²) in [6.45, 7) is -0.930. The molecule has 0 spiro atoms. The van der Waals surface area contributed by atoms with Crippen molar-refractivity contribution in [2.45, 2.75) is 30.5 Å². The van der Waals surface area contributed by atoms with Crippen LogP contribution in [0.3, 0.4) is 0 Å². The Kier molecular flexibility index (Phi) is 5.75. The number of aliphatic hydroxyl groups excluding tert-OH is 2. The molecular formula is C13H13Cl2F3N5O5P. The molecule has 0 radical (unpaired) electrons. The zero-order valence-corrected chi connectivity index (χ0v) is 16.5. The Morgan fingerprint density at radius 2 is 2.00 bits per heavy atom. The van der Waals surface area contributed by atoms with Crippen molar-refractivity contribution in [2.24, 2.45) is 0 Å². The van der Waals surface area contributed by atoms with Crippen molar-refractivity contribution in [2.75, 3.05) is 12.3 Å². The summed E-state index contributed by atoms with van der Waals surface area (Å²) in [4.78, 5) is 22.6. The standard InChI is InChI=1S/C13H13Cl2F3N5O5P/c14-29(15,27)28-2-5-9(24)10(25)8(23(5)12(26)13(16,17)18)4-1-20-7-6(4)21-3-22-11(7)19/h1,3,5,8-10,20,24-25H,2H2,(H2,19,21,22)/t5-,8+,9-,10+/m1/s1. The number of carbonyl (C=O) groups excluding carboxylic acids is 1. The third-order valence-corrected chi connectivity index (χ3v) is 5.47. The van der Waals surface area contributed by atoms with E-state index in [-0.39, 0.29) is 27.3 Å². The number of aromatic amines is 1. The Bertz CT molecular complexity index is 985. The molecule has 0 aromatic carbocycles. The molecule has 4 atom stereocenters. The number of rotatable bonds is 4. The molecular weight excluding hydrogens is 465 g/mol. The largest absolute Gasteiger partial charge is 0.471 e. The number of alkyl halides is 3. The van der Waals surface area contributed by atoms with Gasteiger partial charge in [-0.25, -0.2) is 9.97 Å². The highest BCUT2D eigenvalue weighted by Crippen LogP contribution is 2.58. The number of nitrogens with one attached hydrogen (secondary N) is 1. The van der Waals surface area contributed by atoms with E-state index >= 15 is 0 Å². The number of halogens is 5. The Morgan fingerprint density at radius 1 is 1.34 bits per heavy atom. The summed E-state index contributed by atoms with van der Waals surface area (Å²) in [5.41, 5.74) is 5.83. The molecule has 2 aromatic heterocycles. The lowest BCUT2D eigenvalue weighted by atomic mass is 10.0. The fourth-order valence-corrected chi connectivity index (χ4v) is 3.92. The number of anilines is 1.